The van der Waals surface area contributed by atoms with E-state index in [-0.39, 0.29) is 10.6 Å². The monoisotopic (exact) mass is 530 g/mol. The van der Waals surface area contributed by atoms with Crippen molar-refractivity contribution in [3.8, 4) is 27.9 Å². The second-order valence-electron chi connectivity index (χ2n) is 10.2. The summed E-state index contributed by atoms with van der Waals surface area (Å²) < 4.78 is 8.53. The van der Waals surface area contributed by atoms with E-state index in [1.807, 2.05) is 91.0 Å². The van der Waals surface area contributed by atoms with Crippen molar-refractivity contribution in [1.82, 2.24) is 4.57 Å². The molecule has 0 bridgehead atoms. The zero-order valence-corrected chi connectivity index (χ0v) is 21.8. The lowest BCUT2D eigenvalue weighted by atomic mass is 9.94. The van der Waals surface area contributed by atoms with Gasteiger partial charge in [0.1, 0.15) is 11.2 Å². The Balaban J connectivity index is 1.60. The normalized spacial score (nSPS) is 11.6. The fraction of sp³-hybridized carbons (Fsp3) is 0. The van der Waals surface area contributed by atoms with Gasteiger partial charge in [-0.15, -0.1) is 0 Å². The van der Waals surface area contributed by atoms with Gasteiger partial charge in [-0.05, 0) is 35.4 Å². The highest BCUT2D eigenvalue weighted by molar-refractivity contribution is 6.17. The lowest BCUT2D eigenvalue weighted by molar-refractivity contribution is -0.384. The van der Waals surface area contributed by atoms with Gasteiger partial charge in [-0.2, -0.15) is 0 Å². The van der Waals surface area contributed by atoms with Crippen LogP contribution >= 0.6 is 0 Å². The van der Waals surface area contributed by atoms with Gasteiger partial charge in [0.2, 0.25) is 0 Å². The minimum absolute atomic E-state index is 0.0513. The molecule has 0 N–H and O–H groups in total. The van der Waals surface area contributed by atoms with E-state index in [0.717, 1.165) is 71.7 Å². The molecule has 2 aromatic heterocycles. The van der Waals surface area contributed by atoms with E-state index in [9.17, 15) is 10.1 Å². The SMILES string of the molecule is O=[N+]([O-])c1cc(-c2ccccc2)c(-n2c3ccccc3c3cc4oc5ccccc5c4cc32)c(-c2ccccc2)c1. The van der Waals surface area contributed by atoms with Gasteiger partial charge in [0, 0.05) is 44.8 Å². The summed E-state index contributed by atoms with van der Waals surface area (Å²) >= 11 is 0. The summed E-state index contributed by atoms with van der Waals surface area (Å²) in [6.07, 6.45) is 0. The number of para-hydroxylation sites is 2. The molecule has 6 aromatic carbocycles. The smallest absolute Gasteiger partial charge is 0.270 e. The van der Waals surface area contributed by atoms with Crippen molar-refractivity contribution in [1.29, 1.82) is 0 Å². The molecule has 5 heteroatoms. The van der Waals surface area contributed by atoms with Gasteiger partial charge in [-0.1, -0.05) is 97.1 Å². The van der Waals surface area contributed by atoms with Crippen LogP contribution in [0.5, 0.6) is 0 Å². The van der Waals surface area contributed by atoms with Crippen LogP contribution in [0.3, 0.4) is 0 Å². The molecule has 41 heavy (non-hydrogen) atoms. The van der Waals surface area contributed by atoms with Crippen LogP contribution in [-0.4, -0.2) is 9.49 Å². The predicted molar refractivity (Wildman–Crippen MR) is 166 cm³/mol. The summed E-state index contributed by atoms with van der Waals surface area (Å²) in [6.45, 7) is 0. The average Bonchev–Trinajstić information content (AvgIpc) is 3.55. The van der Waals surface area contributed by atoms with E-state index < -0.39 is 0 Å². The molecule has 0 saturated heterocycles. The van der Waals surface area contributed by atoms with Gasteiger partial charge >= 0.3 is 0 Å². The van der Waals surface area contributed by atoms with Crippen molar-refractivity contribution in [2.45, 2.75) is 0 Å². The number of benzene rings is 6. The van der Waals surface area contributed by atoms with Crippen molar-refractivity contribution in [3.63, 3.8) is 0 Å². The number of nitrogens with zero attached hydrogens (tertiary/aromatic N) is 2. The summed E-state index contributed by atoms with van der Waals surface area (Å²) in [5.41, 5.74) is 8.04. The van der Waals surface area contributed by atoms with Gasteiger partial charge in [0.05, 0.1) is 21.6 Å². The zero-order chi connectivity index (χ0) is 27.5. The molecule has 0 fully saturated rings. The maximum atomic E-state index is 12.2. The third-order valence-electron chi connectivity index (χ3n) is 7.87. The van der Waals surface area contributed by atoms with Gasteiger partial charge in [0.25, 0.3) is 5.69 Å². The van der Waals surface area contributed by atoms with Gasteiger partial charge in [-0.3, -0.25) is 10.1 Å². The van der Waals surface area contributed by atoms with E-state index in [2.05, 4.69) is 34.9 Å². The van der Waals surface area contributed by atoms with E-state index in [4.69, 9.17) is 4.42 Å². The largest absolute Gasteiger partial charge is 0.456 e. The molecule has 2 heterocycles. The Hall–Kier alpha value is -5.68. The van der Waals surface area contributed by atoms with Crippen molar-refractivity contribution in [2.75, 3.05) is 0 Å². The molecule has 8 rings (SSSR count). The van der Waals surface area contributed by atoms with E-state index in [1.165, 1.54) is 0 Å². The third-order valence-corrected chi connectivity index (χ3v) is 7.87. The Bertz CT molecular complexity index is 2220. The molecule has 0 atom stereocenters. The Morgan fingerprint density at radius 2 is 1.12 bits per heavy atom. The molecular formula is C36H22N2O3. The molecule has 8 aromatic rings. The van der Waals surface area contributed by atoms with Gasteiger partial charge in [0.15, 0.2) is 0 Å². The van der Waals surface area contributed by atoms with Crippen LogP contribution in [0.15, 0.2) is 138 Å². The van der Waals surface area contributed by atoms with Crippen LogP contribution in [-0.2, 0) is 0 Å². The minimum Gasteiger partial charge on any atom is -0.456 e. The Morgan fingerprint density at radius 3 is 1.78 bits per heavy atom. The highest BCUT2D eigenvalue weighted by Gasteiger charge is 2.24. The molecule has 194 valence electrons. The standard InChI is InChI=1S/C36H22N2O3/c39-38(40)25-19-28(23-11-3-1-4-12-23)36(29(20-25)24-13-5-2-6-14-24)37-32-17-9-7-15-26(32)30-22-35-31(21-33(30)37)27-16-8-10-18-34(27)41-35/h1-22H. The van der Waals surface area contributed by atoms with Crippen LogP contribution in [0.25, 0.3) is 71.7 Å². The minimum atomic E-state index is -0.310. The van der Waals surface area contributed by atoms with Crippen LogP contribution in [0, 0.1) is 10.1 Å². The maximum absolute atomic E-state index is 12.2. The van der Waals surface area contributed by atoms with E-state index >= 15 is 0 Å². The number of furan rings is 1. The summed E-state index contributed by atoms with van der Waals surface area (Å²) in [6, 6.07) is 43.9. The Kier molecular flexibility index (Phi) is 5.06. The first-order valence-electron chi connectivity index (χ1n) is 13.5. The first-order valence-corrected chi connectivity index (χ1v) is 13.5. The third kappa shape index (κ3) is 3.56. The number of nitro groups is 1. The fourth-order valence-electron chi connectivity index (χ4n) is 6.07. The Labute approximate surface area is 234 Å². The summed E-state index contributed by atoms with van der Waals surface area (Å²) in [5.74, 6) is 0. The number of non-ortho nitro benzene ring substituents is 1. The van der Waals surface area contributed by atoms with E-state index in [0.29, 0.717) is 0 Å². The molecule has 0 aliphatic carbocycles. The number of nitro benzene ring substituents is 1. The topological polar surface area (TPSA) is 61.2 Å². The Morgan fingerprint density at radius 1 is 0.537 bits per heavy atom. The zero-order valence-electron chi connectivity index (χ0n) is 21.8. The molecule has 0 saturated carbocycles. The second kappa shape index (κ2) is 8.93. The van der Waals surface area contributed by atoms with Gasteiger partial charge in [-0.25, -0.2) is 0 Å². The highest BCUT2D eigenvalue weighted by atomic mass is 16.6. The van der Waals surface area contributed by atoms with Crippen LogP contribution in [0.4, 0.5) is 5.69 Å². The van der Waals surface area contributed by atoms with Crippen molar-refractivity contribution < 1.29 is 9.34 Å². The maximum Gasteiger partial charge on any atom is 0.270 e. The number of fused-ring (bicyclic) bond motifs is 6. The molecule has 0 amide bonds. The summed E-state index contributed by atoms with van der Waals surface area (Å²) in [4.78, 5) is 11.9. The summed E-state index contributed by atoms with van der Waals surface area (Å²) in [5, 5.41) is 16.4. The lowest BCUT2D eigenvalue weighted by Gasteiger charge is -2.19. The second-order valence-corrected chi connectivity index (χ2v) is 10.2. The molecule has 0 unspecified atom stereocenters. The first kappa shape index (κ1) is 23.2. The van der Waals surface area contributed by atoms with Crippen LogP contribution < -0.4 is 0 Å². The van der Waals surface area contributed by atoms with E-state index in [1.54, 1.807) is 12.1 Å². The molecule has 0 radical (unpaired) electrons. The number of hydrogen-bond acceptors (Lipinski definition) is 3. The number of rotatable bonds is 4. The number of aromatic nitrogens is 1. The molecule has 0 spiro atoms. The molecule has 0 aliphatic heterocycles. The van der Waals surface area contributed by atoms with Crippen molar-refractivity contribution >= 4 is 49.4 Å². The van der Waals surface area contributed by atoms with Gasteiger partial charge < -0.3 is 8.98 Å². The molecular weight excluding hydrogens is 508 g/mol. The summed E-state index contributed by atoms with van der Waals surface area (Å²) in [7, 11) is 0. The van der Waals surface area contributed by atoms with Crippen LogP contribution in [0.1, 0.15) is 0 Å². The van der Waals surface area contributed by atoms with Crippen molar-refractivity contribution in [2.24, 2.45) is 0 Å². The quantitative estimate of drug-likeness (QED) is 0.168. The molecule has 0 aliphatic rings. The number of hydrogen-bond donors (Lipinski definition) is 0. The fourth-order valence-corrected chi connectivity index (χ4v) is 6.07. The predicted octanol–water partition coefficient (Wildman–Crippen LogP) is 9.93. The van der Waals surface area contributed by atoms with Crippen molar-refractivity contribution in [3.05, 3.63) is 144 Å². The highest BCUT2D eigenvalue weighted by Crippen LogP contribution is 2.44. The average molecular weight is 531 g/mol. The van der Waals surface area contributed by atoms with Crippen LogP contribution in [0.2, 0.25) is 0 Å². The lowest BCUT2D eigenvalue weighted by Crippen LogP contribution is -2.02. The first-order chi connectivity index (χ1) is 20.2. The molecule has 5 nitrogen and oxygen atoms in total.